The van der Waals surface area contributed by atoms with Crippen molar-refractivity contribution in [1.82, 2.24) is 0 Å². The van der Waals surface area contributed by atoms with Crippen LogP contribution in [0.25, 0.3) is 0 Å². The highest BCUT2D eigenvalue weighted by molar-refractivity contribution is 7.99. The number of aliphatic hydroxyl groups is 7. The van der Waals surface area contributed by atoms with E-state index >= 15 is 0 Å². The number of thioether (sulfide) groups is 1. The van der Waals surface area contributed by atoms with Gasteiger partial charge in [-0.15, -0.1) is 11.8 Å². The minimum absolute atomic E-state index is 0.311. The monoisotopic (exact) mass is 386 g/mol. The molecule has 0 saturated carbocycles. The molecule has 0 spiro atoms. The SMILES string of the molecule is CCS[C@@H]1O[C@H](CO[C@@H]2O[C@H](CO)[C@H](O)[C@H](O)[C@H]2O)[C@H](O)[C@H](O)[C@H]1O. The molecule has 10 nitrogen and oxygen atoms in total. The fourth-order valence-electron chi connectivity index (χ4n) is 2.75. The summed E-state index contributed by atoms with van der Waals surface area (Å²) in [4.78, 5) is 0. The molecular weight excluding hydrogens is 360 g/mol. The van der Waals surface area contributed by atoms with Gasteiger partial charge in [0.2, 0.25) is 0 Å². The van der Waals surface area contributed by atoms with Gasteiger partial charge in [0.25, 0.3) is 0 Å². The molecular formula is C14H26O10S. The van der Waals surface area contributed by atoms with Crippen molar-refractivity contribution in [1.29, 1.82) is 0 Å². The van der Waals surface area contributed by atoms with Crippen LogP contribution in [0.2, 0.25) is 0 Å². The number of hydrogen-bond acceptors (Lipinski definition) is 11. The highest BCUT2D eigenvalue weighted by Crippen LogP contribution is 2.29. The van der Waals surface area contributed by atoms with Crippen LogP contribution in [0, 0.1) is 0 Å². The van der Waals surface area contributed by atoms with Gasteiger partial charge in [0, 0.05) is 0 Å². The molecule has 2 fully saturated rings. The number of ether oxygens (including phenoxy) is 3. The highest BCUT2D eigenvalue weighted by Gasteiger charge is 2.47. The maximum Gasteiger partial charge on any atom is 0.186 e. The zero-order chi connectivity index (χ0) is 18.7. The first-order valence-corrected chi connectivity index (χ1v) is 9.10. The van der Waals surface area contributed by atoms with Gasteiger partial charge in [0.05, 0.1) is 13.2 Å². The van der Waals surface area contributed by atoms with E-state index in [1.165, 1.54) is 11.8 Å². The van der Waals surface area contributed by atoms with Crippen LogP contribution in [0.5, 0.6) is 0 Å². The van der Waals surface area contributed by atoms with Crippen molar-refractivity contribution in [3.8, 4) is 0 Å². The predicted octanol–water partition coefficient (Wildman–Crippen LogP) is -3.64. The second kappa shape index (κ2) is 9.24. The maximum absolute atomic E-state index is 10.0. The summed E-state index contributed by atoms with van der Waals surface area (Å²) in [6, 6.07) is 0. The second-order valence-corrected chi connectivity index (χ2v) is 7.38. The Morgan fingerprint density at radius 3 is 2.00 bits per heavy atom. The Morgan fingerprint density at radius 1 is 0.800 bits per heavy atom. The quantitative estimate of drug-likeness (QED) is 0.240. The van der Waals surface area contributed by atoms with Crippen molar-refractivity contribution < 1.29 is 50.0 Å². The van der Waals surface area contributed by atoms with Crippen LogP contribution in [0.1, 0.15) is 6.92 Å². The molecule has 0 bridgehead atoms. The van der Waals surface area contributed by atoms with Gasteiger partial charge in [-0.05, 0) is 5.75 Å². The van der Waals surface area contributed by atoms with Gasteiger partial charge in [-0.3, -0.25) is 0 Å². The lowest BCUT2D eigenvalue weighted by Gasteiger charge is -2.42. The Kier molecular flexibility index (Phi) is 7.85. The van der Waals surface area contributed by atoms with E-state index in [0.717, 1.165) is 0 Å². The Morgan fingerprint density at radius 2 is 1.40 bits per heavy atom. The molecule has 0 unspecified atom stereocenters. The van der Waals surface area contributed by atoms with Crippen LogP contribution in [0.4, 0.5) is 0 Å². The summed E-state index contributed by atoms with van der Waals surface area (Å²) in [5, 5.41) is 68.3. The fourth-order valence-corrected chi connectivity index (χ4v) is 3.66. The first-order chi connectivity index (χ1) is 11.8. The molecule has 2 aliphatic rings. The first-order valence-electron chi connectivity index (χ1n) is 8.05. The summed E-state index contributed by atoms with van der Waals surface area (Å²) >= 11 is 1.25. The lowest BCUT2D eigenvalue weighted by atomic mass is 9.99. The van der Waals surface area contributed by atoms with E-state index in [0.29, 0.717) is 5.75 Å². The van der Waals surface area contributed by atoms with E-state index in [-0.39, 0.29) is 6.61 Å². The van der Waals surface area contributed by atoms with E-state index in [4.69, 9.17) is 19.3 Å². The van der Waals surface area contributed by atoms with Crippen molar-refractivity contribution in [3.05, 3.63) is 0 Å². The van der Waals surface area contributed by atoms with E-state index in [9.17, 15) is 30.6 Å². The van der Waals surface area contributed by atoms with Gasteiger partial charge >= 0.3 is 0 Å². The lowest BCUT2D eigenvalue weighted by molar-refractivity contribution is -0.311. The smallest absolute Gasteiger partial charge is 0.186 e. The van der Waals surface area contributed by atoms with Crippen LogP contribution in [0.15, 0.2) is 0 Å². The molecule has 0 aromatic heterocycles. The molecule has 0 amide bonds. The predicted molar refractivity (Wildman–Crippen MR) is 84.5 cm³/mol. The number of aliphatic hydroxyl groups excluding tert-OH is 7. The number of rotatable bonds is 6. The second-order valence-electron chi connectivity index (χ2n) is 6.00. The summed E-state index contributed by atoms with van der Waals surface area (Å²) in [5.74, 6) is 0.616. The first kappa shape index (κ1) is 21.3. The molecule has 25 heavy (non-hydrogen) atoms. The fraction of sp³-hybridized carbons (Fsp3) is 1.00. The minimum Gasteiger partial charge on any atom is -0.394 e. The molecule has 2 saturated heterocycles. The molecule has 11 heteroatoms. The van der Waals surface area contributed by atoms with Gasteiger partial charge in [-0.2, -0.15) is 0 Å². The third-order valence-electron chi connectivity index (χ3n) is 4.27. The molecule has 10 atom stereocenters. The van der Waals surface area contributed by atoms with Crippen LogP contribution >= 0.6 is 11.8 Å². The standard InChI is InChI=1S/C14H26O10S/c1-2-25-14-12(21)10(19)8(17)6(24-14)4-22-13-11(20)9(18)7(16)5(3-15)23-13/h5-21H,2-4H2,1H3/t5-,6-,7+,8+,9+,10+,11-,12-,13-,14+/m1/s1. The molecule has 0 aliphatic carbocycles. The molecule has 2 rings (SSSR count). The normalized spacial score (nSPS) is 48.5. The van der Waals surface area contributed by atoms with Gasteiger partial charge in [-0.25, -0.2) is 0 Å². The zero-order valence-electron chi connectivity index (χ0n) is 13.7. The van der Waals surface area contributed by atoms with Gasteiger partial charge in [0.15, 0.2) is 6.29 Å². The Labute approximate surface area is 148 Å². The average Bonchev–Trinajstić information content (AvgIpc) is 2.60. The summed E-state index contributed by atoms with van der Waals surface area (Å²) in [7, 11) is 0. The Hall–Kier alpha value is -0.0500. The van der Waals surface area contributed by atoms with Gasteiger partial charge in [-0.1, -0.05) is 6.92 Å². The summed E-state index contributed by atoms with van der Waals surface area (Å²) < 4.78 is 16.0. The van der Waals surface area contributed by atoms with Crippen molar-refractivity contribution in [2.24, 2.45) is 0 Å². The van der Waals surface area contributed by atoms with Gasteiger partial charge < -0.3 is 50.0 Å². The van der Waals surface area contributed by atoms with Crippen LogP contribution in [-0.2, 0) is 14.2 Å². The van der Waals surface area contributed by atoms with Crippen LogP contribution in [-0.4, -0.2) is 115 Å². The average molecular weight is 386 g/mol. The molecule has 0 aromatic carbocycles. The van der Waals surface area contributed by atoms with Crippen molar-refractivity contribution in [3.63, 3.8) is 0 Å². The molecule has 148 valence electrons. The number of hydrogen-bond donors (Lipinski definition) is 7. The molecule has 0 aromatic rings. The van der Waals surface area contributed by atoms with E-state index in [2.05, 4.69) is 0 Å². The molecule has 2 aliphatic heterocycles. The lowest BCUT2D eigenvalue weighted by Crippen LogP contribution is -2.61. The summed E-state index contributed by atoms with van der Waals surface area (Å²) in [6.45, 7) is 0.944. The summed E-state index contributed by atoms with van der Waals surface area (Å²) in [6.07, 6.45) is -12.3. The van der Waals surface area contributed by atoms with Crippen molar-refractivity contribution in [2.45, 2.75) is 67.5 Å². The van der Waals surface area contributed by atoms with E-state index < -0.39 is 67.2 Å². The highest BCUT2D eigenvalue weighted by atomic mass is 32.2. The maximum atomic E-state index is 10.0. The third-order valence-corrected chi connectivity index (χ3v) is 5.32. The zero-order valence-corrected chi connectivity index (χ0v) is 14.5. The molecule has 7 N–H and O–H groups in total. The van der Waals surface area contributed by atoms with Gasteiger partial charge in [0.1, 0.15) is 54.3 Å². The summed E-state index contributed by atoms with van der Waals surface area (Å²) in [5.41, 5.74) is -0.758. The third kappa shape index (κ3) is 4.62. The Bertz CT molecular complexity index is 413. The molecule has 2 heterocycles. The van der Waals surface area contributed by atoms with Crippen molar-refractivity contribution >= 4 is 11.8 Å². The largest absolute Gasteiger partial charge is 0.394 e. The van der Waals surface area contributed by atoms with E-state index in [1.807, 2.05) is 6.92 Å². The van der Waals surface area contributed by atoms with Crippen LogP contribution in [0.3, 0.4) is 0 Å². The molecule has 0 radical (unpaired) electrons. The van der Waals surface area contributed by atoms with E-state index in [1.54, 1.807) is 0 Å². The van der Waals surface area contributed by atoms with Crippen molar-refractivity contribution in [2.75, 3.05) is 19.0 Å². The topological polar surface area (TPSA) is 169 Å². The van der Waals surface area contributed by atoms with Crippen LogP contribution < -0.4 is 0 Å². The Balaban J connectivity index is 1.96. The minimum atomic E-state index is -1.58.